The molecule has 12 heavy (non-hydrogen) atoms. The van der Waals surface area contributed by atoms with Gasteiger partial charge in [0.1, 0.15) is 6.42 Å². The van der Waals surface area contributed by atoms with Crippen molar-refractivity contribution in [2.45, 2.75) is 31.4 Å². The predicted molar refractivity (Wildman–Crippen MR) is 26.2 cm³/mol. The summed E-state index contributed by atoms with van der Waals surface area (Å²) in [5.41, 5.74) is 0. The maximum absolute atomic E-state index is 12.0. The molecule has 0 saturated carbocycles. The first-order valence-corrected chi connectivity index (χ1v) is 2.78. The summed E-state index contributed by atoms with van der Waals surface area (Å²) in [7, 11) is 0. The van der Waals surface area contributed by atoms with E-state index in [0.717, 1.165) is 0 Å². The first-order valence-electron chi connectivity index (χ1n) is 2.78. The van der Waals surface area contributed by atoms with E-state index in [1.807, 2.05) is 0 Å². The van der Waals surface area contributed by atoms with Crippen molar-refractivity contribution in [2.75, 3.05) is 0 Å². The van der Waals surface area contributed by atoms with Gasteiger partial charge in [0.2, 0.25) is 0 Å². The molecule has 0 aromatic carbocycles. The molecule has 0 N–H and O–H groups in total. The van der Waals surface area contributed by atoms with Crippen LogP contribution in [0.1, 0.15) is 13.3 Å². The monoisotopic (exact) mass is 198 g/mol. The molecule has 7 heteroatoms. The Labute approximate surface area is 63.4 Å². The first-order chi connectivity index (χ1) is 4.96. The fourth-order valence-corrected chi connectivity index (χ4v) is 0.407. The Morgan fingerprint density at radius 2 is 1.17 bits per heavy atom. The zero-order valence-electron chi connectivity index (χ0n) is 5.85. The molecule has 0 fully saturated rings. The highest BCUT2D eigenvalue weighted by Gasteiger charge is 2.57. The van der Waals surface area contributed by atoms with Gasteiger partial charge in [-0.05, 0) is 0 Å². The minimum absolute atomic E-state index is 0.251. The van der Waals surface area contributed by atoms with Crippen molar-refractivity contribution < 1.29 is 30.7 Å². The lowest BCUT2D eigenvalue weighted by atomic mass is 10.1. The van der Waals surface area contributed by atoms with Crippen LogP contribution < -0.4 is 0 Å². The van der Waals surface area contributed by atoms with Gasteiger partial charge in [0.15, 0.2) is 0 Å². The van der Waals surface area contributed by atoms with Crippen LogP contribution in [0.3, 0.4) is 0 Å². The van der Waals surface area contributed by atoms with E-state index in [9.17, 15) is 30.7 Å². The van der Waals surface area contributed by atoms with E-state index in [2.05, 4.69) is 0 Å². The van der Waals surface area contributed by atoms with Crippen LogP contribution in [0.2, 0.25) is 0 Å². The molecule has 0 radical (unpaired) electrons. The molecular formula is C5H5F7. The fraction of sp³-hybridized carbons (Fsp3) is 1.00. The lowest BCUT2D eigenvalue weighted by Crippen LogP contribution is -2.41. The van der Waals surface area contributed by atoms with Crippen LogP contribution in [0, 0.1) is 0 Å². The molecule has 0 nitrogen and oxygen atoms in total. The molecule has 0 aliphatic heterocycles. The SMILES string of the molecule is CC(F)(F)C(F)(F)CC(F)(F)F. The normalized spacial score (nSPS) is 15.0. The minimum Gasteiger partial charge on any atom is -0.200 e. The van der Waals surface area contributed by atoms with Gasteiger partial charge >= 0.3 is 18.0 Å². The number of hydrogen-bond donors (Lipinski definition) is 0. The van der Waals surface area contributed by atoms with Gasteiger partial charge in [0.05, 0.1) is 0 Å². The lowest BCUT2D eigenvalue weighted by Gasteiger charge is -2.23. The molecule has 74 valence electrons. The van der Waals surface area contributed by atoms with E-state index in [-0.39, 0.29) is 6.92 Å². The highest BCUT2D eigenvalue weighted by Crippen LogP contribution is 2.41. The van der Waals surface area contributed by atoms with Gasteiger partial charge in [-0.15, -0.1) is 0 Å². The summed E-state index contributed by atoms with van der Waals surface area (Å²) >= 11 is 0. The Morgan fingerprint density at radius 1 is 0.833 bits per heavy atom. The van der Waals surface area contributed by atoms with E-state index in [1.54, 1.807) is 0 Å². The molecular weight excluding hydrogens is 193 g/mol. The first kappa shape index (κ1) is 11.5. The van der Waals surface area contributed by atoms with Gasteiger partial charge in [0.25, 0.3) is 0 Å². The molecule has 0 amide bonds. The Bertz CT molecular complexity index is 150. The maximum atomic E-state index is 12.0. The summed E-state index contributed by atoms with van der Waals surface area (Å²) < 4.78 is 81.3. The Balaban J connectivity index is 4.44. The standard InChI is InChI=1S/C5H5F7/c1-3(6,7)4(8,9)2-5(10,11)12/h2H2,1H3. The number of alkyl halides is 7. The quantitative estimate of drug-likeness (QED) is 0.597. The summed E-state index contributed by atoms with van der Waals surface area (Å²) in [5.74, 6) is -9.69. The average Bonchev–Trinajstić information content (AvgIpc) is 1.52. The van der Waals surface area contributed by atoms with Crippen LogP contribution in [0.25, 0.3) is 0 Å². The molecule has 0 rings (SSSR count). The Hall–Kier alpha value is -0.490. The second kappa shape index (κ2) is 2.77. The third kappa shape index (κ3) is 3.27. The topological polar surface area (TPSA) is 0 Å². The van der Waals surface area contributed by atoms with Crippen molar-refractivity contribution in [3.63, 3.8) is 0 Å². The maximum Gasteiger partial charge on any atom is 0.395 e. The second-order valence-corrected chi connectivity index (χ2v) is 2.38. The van der Waals surface area contributed by atoms with Gasteiger partial charge in [-0.2, -0.15) is 22.0 Å². The van der Waals surface area contributed by atoms with Crippen molar-refractivity contribution in [2.24, 2.45) is 0 Å². The Morgan fingerprint density at radius 3 is 1.25 bits per heavy atom. The molecule has 0 spiro atoms. The smallest absolute Gasteiger partial charge is 0.200 e. The Kier molecular flexibility index (Phi) is 2.66. The van der Waals surface area contributed by atoms with Crippen molar-refractivity contribution >= 4 is 0 Å². The van der Waals surface area contributed by atoms with Crippen LogP contribution in [0.15, 0.2) is 0 Å². The third-order valence-corrected chi connectivity index (χ3v) is 1.06. The van der Waals surface area contributed by atoms with E-state index < -0.39 is 24.4 Å². The van der Waals surface area contributed by atoms with Crippen molar-refractivity contribution in [3.05, 3.63) is 0 Å². The summed E-state index contributed by atoms with van der Waals surface area (Å²) in [6, 6.07) is 0. The van der Waals surface area contributed by atoms with Gasteiger partial charge in [-0.3, -0.25) is 0 Å². The minimum atomic E-state index is -5.29. The van der Waals surface area contributed by atoms with E-state index >= 15 is 0 Å². The highest BCUT2D eigenvalue weighted by atomic mass is 19.4. The molecule has 0 heterocycles. The summed E-state index contributed by atoms with van der Waals surface area (Å²) in [5, 5.41) is 0. The van der Waals surface area contributed by atoms with Crippen molar-refractivity contribution in [1.29, 1.82) is 0 Å². The van der Waals surface area contributed by atoms with Gasteiger partial charge in [0, 0.05) is 6.92 Å². The largest absolute Gasteiger partial charge is 0.395 e. The van der Waals surface area contributed by atoms with Gasteiger partial charge in [-0.25, -0.2) is 8.78 Å². The summed E-state index contributed by atoms with van der Waals surface area (Å²) in [4.78, 5) is 0. The number of halogens is 7. The summed E-state index contributed by atoms with van der Waals surface area (Å²) in [6.07, 6.45) is -8.09. The van der Waals surface area contributed by atoms with E-state index in [4.69, 9.17) is 0 Å². The number of rotatable bonds is 2. The fourth-order valence-electron chi connectivity index (χ4n) is 0.407. The van der Waals surface area contributed by atoms with Crippen molar-refractivity contribution in [1.82, 2.24) is 0 Å². The van der Waals surface area contributed by atoms with Crippen LogP contribution >= 0.6 is 0 Å². The highest BCUT2D eigenvalue weighted by molar-refractivity contribution is 4.82. The molecule has 0 aromatic heterocycles. The average molecular weight is 198 g/mol. The number of hydrogen-bond acceptors (Lipinski definition) is 0. The second-order valence-electron chi connectivity index (χ2n) is 2.38. The van der Waals surface area contributed by atoms with Gasteiger partial charge < -0.3 is 0 Å². The van der Waals surface area contributed by atoms with E-state index in [1.165, 1.54) is 0 Å². The van der Waals surface area contributed by atoms with Gasteiger partial charge in [-0.1, -0.05) is 0 Å². The molecule has 0 aliphatic carbocycles. The molecule has 0 aliphatic rings. The van der Waals surface area contributed by atoms with Crippen LogP contribution in [0.5, 0.6) is 0 Å². The van der Waals surface area contributed by atoms with Crippen molar-refractivity contribution in [3.8, 4) is 0 Å². The molecule has 0 saturated heterocycles. The van der Waals surface area contributed by atoms with Crippen LogP contribution in [-0.4, -0.2) is 18.0 Å². The lowest BCUT2D eigenvalue weighted by molar-refractivity contribution is -0.257. The molecule has 0 atom stereocenters. The predicted octanol–water partition coefficient (Wildman–Crippen LogP) is 3.23. The molecule has 0 unspecified atom stereocenters. The third-order valence-electron chi connectivity index (χ3n) is 1.06. The molecule has 0 aromatic rings. The summed E-state index contributed by atoms with van der Waals surface area (Å²) in [6.45, 7) is -0.251. The zero-order valence-corrected chi connectivity index (χ0v) is 5.85. The zero-order chi connectivity index (χ0) is 10.2. The van der Waals surface area contributed by atoms with Crippen LogP contribution in [-0.2, 0) is 0 Å². The molecule has 0 bridgehead atoms. The van der Waals surface area contributed by atoms with E-state index in [0.29, 0.717) is 0 Å². The van der Waals surface area contributed by atoms with Crippen LogP contribution in [0.4, 0.5) is 30.7 Å².